The fourth-order valence-corrected chi connectivity index (χ4v) is 6.40. The number of hydrogen-bond acceptors (Lipinski definition) is 8. The number of ketones is 1. The number of benzene rings is 1. The summed E-state index contributed by atoms with van der Waals surface area (Å²) in [4.78, 5) is 46.1. The summed E-state index contributed by atoms with van der Waals surface area (Å²) in [6.45, 7) is 5.78. The normalized spacial score (nSPS) is 27.1. The quantitative estimate of drug-likeness (QED) is 0.506. The number of methoxy groups -OCH3 is 2. The van der Waals surface area contributed by atoms with Gasteiger partial charge in [-0.1, -0.05) is 12.8 Å². The first-order valence-corrected chi connectivity index (χ1v) is 13.8. The second kappa shape index (κ2) is 12.1. The Morgan fingerprint density at radius 2 is 1.79 bits per heavy atom. The summed E-state index contributed by atoms with van der Waals surface area (Å²) >= 11 is 0. The second-order valence-corrected chi connectivity index (χ2v) is 10.8. The highest BCUT2D eigenvalue weighted by Crippen LogP contribution is 2.33. The number of carbonyl (C=O) groups excluding carboxylic acids is 3. The molecule has 0 radical (unpaired) electrons. The number of hydrogen-bond donors (Lipinski definition) is 1. The summed E-state index contributed by atoms with van der Waals surface area (Å²) in [7, 11) is 3.30. The number of nitrogens with one attached hydrogen (secondary N) is 1. The van der Waals surface area contributed by atoms with Crippen LogP contribution in [0.1, 0.15) is 36.0 Å². The molecule has 0 spiro atoms. The van der Waals surface area contributed by atoms with Gasteiger partial charge in [0.05, 0.1) is 13.2 Å². The van der Waals surface area contributed by atoms with Crippen LogP contribution in [0.5, 0.6) is 0 Å². The zero-order valence-electron chi connectivity index (χ0n) is 22.5. The Morgan fingerprint density at radius 1 is 1.08 bits per heavy atom. The van der Waals surface area contributed by atoms with Crippen LogP contribution in [-0.2, 0) is 23.8 Å². The average Bonchev–Trinajstić information content (AvgIpc) is 3.69. The molecule has 0 aromatic heterocycles. The molecule has 0 bridgehead atoms. The lowest BCUT2D eigenvalue weighted by Gasteiger charge is -2.36. The van der Waals surface area contributed by atoms with E-state index in [-0.39, 0.29) is 36.2 Å². The average molecular weight is 529 g/mol. The van der Waals surface area contributed by atoms with Crippen LogP contribution in [0, 0.1) is 5.92 Å². The van der Waals surface area contributed by atoms with Gasteiger partial charge in [-0.25, -0.2) is 0 Å². The Balaban J connectivity index is 1.24. The van der Waals surface area contributed by atoms with Crippen LogP contribution in [-0.4, -0.2) is 118 Å². The molecule has 1 aromatic carbocycles. The van der Waals surface area contributed by atoms with Crippen molar-refractivity contribution in [2.45, 2.75) is 50.0 Å². The van der Waals surface area contributed by atoms with Crippen molar-refractivity contribution in [2.75, 3.05) is 71.6 Å². The number of ether oxygens (including phenoxy) is 3. The van der Waals surface area contributed by atoms with Gasteiger partial charge in [-0.15, -0.1) is 0 Å². The van der Waals surface area contributed by atoms with Crippen molar-refractivity contribution < 1.29 is 28.6 Å². The molecule has 1 N–H and O–H groups in total. The number of rotatable bonds is 9. The minimum atomic E-state index is -0.672. The van der Waals surface area contributed by atoms with Crippen molar-refractivity contribution in [3.63, 3.8) is 0 Å². The zero-order chi connectivity index (χ0) is 26.6. The second-order valence-electron chi connectivity index (χ2n) is 10.8. The SMILES string of the molecule is COCCN1CCN(c2ccc(C(=O)N[C@H](C(=O)N3C[C@@H](OC)[C@H]4OCC(=O)[C@H]43)C3CCCC3)cc2)CC1. The number of carbonyl (C=O) groups is 3. The first-order chi connectivity index (χ1) is 18.5. The molecular formula is C28H40N4O6. The molecule has 4 atom stereocenters. The van der Waals surface area contributed by atoms with E-state index in [1.807, 2.05) is 24.3 Å². The largest absolute Gasteiger partial charge is 0.383 e. The molecule has 10 nitrogen and oxygen atoms in total. The maximum atomic E-state index is 13.8. The molecule has 3 saturated heterocycles. The molecule has 208 valence electrons. The van der Waals surface area contributed by atoms with Crippen molar-refractivity contribution in [3.05, 3.63) is 29.8 Å². The predicted molar refractivity (Wildman–Crippen MR) is 141 cm³/mol. The molecule has 2 amide bonds. The lowest BCUT2D eigenvalue weighted by atomic mass is 9.95. The minimum Gasteiger partial charge on any atom is -0.383 e. The number of amides is 2. The Morgan fingerprint density at radius 3 is 2.45 bits per heavy atom. The Labute approximate surface area is 224 Å². The van der Waals surface area contributed by atoms with Crippen LogP contribution in [0.4, 0.5) is 5.69 Å². The first-order valence-electron chi connectivity index (χ1n) is 13.8. The molecule has 3 heterocycles. The summed E-state index contributed by atoms with van der Waals surface area (Å²) < 4.78 is 16.4. The van der Waals surface area contributed by atoms with Gasteiger partial charge in [0.15, 0.2) is 5.78 Å². The monoisotopic (exact) mass is 528 g/mol. The molecular weight excluding hydrogens is 488 g/mol. The van der Waals surface area contributed by atoms with Crippen LogP contribution in [0.2, 0.25) is 0 Å². The van der Waals surface area contributed by atoms with Crippen LogP contribution in [0.15, 0.2) is 24.3 Å². The van der Waals surface area contributed by atoms with Gasteiger partial charge in [0, 0.05) is 58.2 Å². The predicted octanol–water partition coefficient (Wildman–Crippen LogP) is 0.937. The van der Waals surface area contributed by atoms with E-state index in [1.54, 1.807) is 19.1 Å². The minimum absolute atomic E-state index is 0.00597. The number of piperazine rings is 1. The maximum absolute atomic E-state index is 13.8. The topological polar surface area (TPSA) is 101 Å². The van der Waals surface area contributed by atoms with Gasteiger partial charge >= 0.3 is 0 Å². The maximum Gasteiger partial charge on any atom is 0.251 e. The van der Waals surface area contributed by atoms with E-state index in [9.17, 15) is 14.4 Å². The van der Waals surface area contributed by atoms with Crippen molar-refractivity contribution >= 4 is 23.3 Å². The Hall–Kier alpha value is -2.53. The van der Waals surface area contributed by atoms with Gasteiger partial charge in [0.2, 0.25) is 5.91 Å². The third kappa shape index (κ3) is 5.59. The number of Topliss-reactive ketones (excluding diaryl/α,β-unsaturated/α-hetero) is 1. The molecule has 1 saturated carbocycles. The van der Waals surface area contributed by atoms with Crippen LogP contribution >= 0.6 is 0 Å². The smallest absolute Gasteiger partial charge is 0.251 e. The zero-order valence-corrected chi connectivity index (χ0v) is 22.5. The molecule has 3 aliphatic heterocycles. The first kappa shape index (κ1) is 27.1. The van der Waals surface area contributed by atoms with Crippen LogP contribution in [0.3, 0.4) is 0 Å². The number of fused-ring (bicyclic) bond motifs is 1. The molecule has 5 rings (SSSR count). The van der Waals surface area contributed by atoms with Gasteiger partial charge < -0.3 is 29.3 Å². The third-order valence-electron chi connectivity index (χ3n) is 8.63. The van der Waals surface area contributed by atoms with Crippen LogP contribution in [0.25, 0.3) is 0 Å². The fraction of sp³-hybridized carbons (Fsp3) is 0.679. The molecule has 1 aliphatic carbocycles. The highest BCUT2D eigenvalue weighted by atomic mass is 16.5. The highest BCUT2D eigenvalue weighted by molar-refractivity contribution is 5.99. The van der Waals surface area contributed by atoms with E-state index in [0.29, 0.717) is 12.1 Å². The van der Waals surface area contributed by atoms with E-state index < -0.39 is 18.2 Å². The summed E-state index contributed by atoms with van der Waals surface area (Å²) in [5.41, 5.74) is 1.61. The number of anilines is 1. The third-order valence-corrected chi connectivity index (χ3v) is 8.63. The van der Waals surface area contributed by atoms with Gasteiger partial charge in [0.25, 0.3) is 5.91 Å². The molecule has 4 aliphatic rings. The summed E-state index contributed by atoms with van der Waals surface area (Å²) in [6.07, 6.45) is 3.05. The van der Waals surface area contributed by atoms with E-state index in [1.165, 1.54) is 0 Å². The van der Waals surface area contributed by atoms with E-state index in [4.69, 9.17) is 14.2 Å². The van der Waals surface area contributed by atoms with Gasteiger partial charge in [-0.2, -0.15) is 0 Å². The van der Waals surface area contributed by atoms with Crippen molar-refractivity contribution in [2.24, 2.45) is 5.92 Å². The summed E-state index contributed by atoms with van der Waals surface area (Å²) in [6, 6.07) is 6.32. The van der Waals surface area contributed by atoms with Gasteiger partial charge in [-0.3, -0.25) is 19.3 Å². The fourth-order valence-electron chi connectivity index (χ4n) is 6.40. The molecule has 0 unspecified atom stereocenters. The van der Waals surface area contributed by atoms with E-state index in [0.717, 1.165) is 70.7 Å². The molecule has 4 fully saturated rings. The Bertz CT molecular complexity index is 990. The number of nitrogens with zero attached hydrogens (tertiary/aromatic N) is 3. The van der Waals surface area contributed by atoms with E-state index >= 15 is 0 Å². The summed E-state index contributed by atoms with van der Waals surface area (Å²) in [5.74, 6) is -0.520. The molecule has 1 aromatic rings. The Kier molecular flexibility index (Phi) is 8.62. The van der Waals surface area contributed by atoms with Gasteiger partial charge in [-0.05, 0) is 43.0 Å². The lowest BCUT2D eigenvalue weighted by molar-refractivity contribution is -0.139. The molecule has 10 heteroatoms. The standard InChI is InChI=1S/C28H40N4O6/c1-36-16-15-30-11-13-31(14-12-30)21-9-7-20(8-10-21)27(34)29-24(19-5-3-4-6-19)28(35)32-17-23(37-2)26-25(32)22(33)18-38-26/h7-10,19,23-26H,3-6,11-18H2,1-2H3,(H,29,34)/t23-,24+,25-,26-/m1/s1. The highest BCUT2D eigenvalue weighted by Gasteiger charge is 2.54. The number of likely N-dealkylation sites (tertiary alicyclic amines) is 1. The summed E-state index contributed by atoms with van der Waals surface area (Å²) in [5, 5.41) is 3.05. The van der Waals surface area contributed by atoms with Crippen LogP contribution < -0.4 is 10.2 Å². The molecule has 38 heavy (non-hydrogen) atoms. The lowest BCUT2D eigenvalue weighted by Crippen LogP contribution is -2.54. The van der Waals surface area contributed by atoms with Crippen molar-refractivity contribution in [3.8, 4) is 0 Å². The van der Waals surface area contributed by atoms with Crippen molar-refractivity contribution in [1.82, 2.24) is 15.1 Å². The van der Waals surface area contributed by atoms with Gasteiger partial charge in [0.1, 0.15) is 30.9 Å². The van der Waals surface area contributed by atoms with Crippen molar-refractivity contribution in [1.29, 1.82) is 0 Å². The van der Waals surface area contributed by atoms with E-state index in [2.05, 4.69) is 15.1 Å².